The summed E-state index contributed by atoms with van der Waals surface area (Å²) < 4.78 is 4.98. The number of hydrogen-bond acceptors (Lipinski definition) is 6. The number of aromatic nitrogens is 2. The maximum Gasteiger partial charge on any atom is 0.338 e. The van der Waals surface area contributed by atoms with Crippen molar-refractivity contribution in [2.45, 2.75) is 13.8 Å². The van der Waals surface area contributed by atoms with Crippen molar-refractivity contribution in [3.63, 3.8) is 0 Å². The number of ether oxygens (including phenoxy) is 1. The maximum absolute atomic E-state index is 12.2. The highest BCUT2D eigenvalue weighted by atomic mass is 16.5. The number of fused-ring (bicyclic) bond motifs is 1. The van der Waals surface area contributed by atoms with Gasteiger partial charge in [-0.05, 0) is 44.2 Å². The van der Waals surface area contributed by atoms with Gasteiger partial charge in [0, 0.05) is 5.56 Å². The third-order valence-corrected chi connectivity index (χ3v) is 3.93. The second-order valence-electron chi connectivity index (χ2n) is 5.92. The van der Waals surface area contributed by atoms with Gasteiger partial charge in [0.2, 0.25) is 0 Å². The first kappa shape index (κ1) is 18.2. The van der Waals surface area contributed by atoms with Crippen LogP contribution in [0.1, 0.15) is 32.1 Å². The van der Waals surface area contributed by atoms with E-state index in [0.717, 1.165) is 11.4 Å². The lowest BCUT2D eigenvalue weighted by Crippen LogP contribution is -2.34. The van der Waals surface area contributed by atoms with E-state index in [2.05, 4.69) is 15.3 Å². The number of nitrogens with zero attached hydrogens (tertiary/aromatic N) is 2. The molecule has 3 rings (SSSR count). The summed E-state index contributed by atoms with van der Waals surface area (Å²) in [4.78, 5) is 44.7. The Kier molecular flexibility index (Phi) is 5.21. The highest BCUT2D eigenvalue weighted by Crippen LogP contribution is 2.15. The molecule has 1 heterocycles. The Balaban J connectivity index is 1.62. The first-order valence-electron chi connectivity index (χ1n) is 8.25. The zero-order valence-electron chi connectivity index (χ0n) is 14.9. The van der Waals surface area contributed by atoms with Gasteiger partial charge in [0.25, 0.3) is 11.8 Å². The van der Waals surface area contributed by atoms with Crippen LogP contribution >= 0.6 is 0 Å². The molecule has 1 N–H and O–H groups in total. The Bertz CT molecular complexity index is 1030. The molecule has 1 aromatic heterocycles. The summed E-state index contributed by atoms with van der Waals surface area (Å²) in [7, 11) is 0. The molecule has 0 saturated carbocycles. The van der Waals surface area contributed by atoms with Crippen molar-refractivity contribution in [3.05, 3.63) is 71.0 Å². The number of aryl methyl sites for hydroxylation is 2. The van der Waals surface area contributed by atoms with Crippen LogP contribution in [0.25, 0.3) is 11.0 Å². The van der Waals surface area contributed by atoms with Crippen LogP contribution < -0.4 is 5.32 Å². The van der Waals surface area contributed by atoms with Crippen LogP contribution in [0.3, 0.4) is 0 Å². The Morgan fingerprint density at radius 2 is 1.56 bits per heavy atom. The van der Waals surface area contributed by atoms with E-state index in [1.165, 1.54) is 0 Å². The number of amides is 2. The minimum Gasteiger partial charge on any atom is -0.452 e. The molecule has 136 valence electrons. The molecule has 27 heavy (non-hydrogen) atoms. The molecule has 0 saturated heterocycles. The Hall–Kier alpha value is -3.61. The molecule has 0 atom stereocenters. The minimum absolute atomic E-state index is 0.252. The van der Waals surface area contributed by atoms with E-state index in [9.17, 15) is 14.4 Å². The Labute approximate surface area is 155 Å². The van der Waals surface area contributed by atoms with E-state index in [0.29, 0.717) is 16.6 Å². The van der Waals surface area contributed by atoms with E-state index in [-0.39, 0.29) is 5.56 Å². The van der Waals surface area contributed by atoms with Crippen LogP contribution in [0.4, 0.5) is 0 Å². The maximum atomic E-state index is 12.2. The number of carbonyl (C=O) groups is 3. The van der Waals surface area contributed by atoms with E-state index < -0.39 is 24.4 Å². The van der Waals surface area contributed by atoms with Gasteiger partial charge in [0.1, 0.15) is 0 Å². The topological polar surface area (TPSA) is 98.2 Å². The van der Waals surface area contributed by atoms with E-state index in [1.54, 1.807) is 48.5 Å². The molecule has 3 aromatic rings. The lowest BCUT2D eigenvalue weighted by Gasteiger charge is -2.07. The monoisotopic (exact) mass is 363 g/mol. The number of rotatable bonds is 4. The zero-order valence-corrected chi connectivity index (χ0v) is 14.9. The second-order valence-corrected chi connectivity index (χ2v) is 5.92. The van der Waals surface area contributed by atoms with Gasteiger partial charge in [0.15, 0.2) is 6.61 Å². The lowest BCUT2D eigenvalue weighted by molar-refractivity contribution is -0.123. The predicted octanol–water partition coefficient (Wildman–Crippen LogP) is 2.36. The number of esters is 1. The van der Waals surface area contributed by atoms with Gasteiger partial charge < -0.3 is 4.74 Å². The van der Waals surface area contributed by atoms with Crippen molar-refractivity contribution >= 4 is 28.8 Å². The fraction of sp³-hybridized carbons (Fsp3) is 0.150. The standard InChI is InChI=1S/C20H17N3O4/c1-12-13(2)22-17-10-15(8-9-16(17)21-12)20(26)27-11-18(24)23-19(25)14-6-4-3-5-7-14/h3-10H,11H2,1-2H3,(H,23,24,25). The van der Waals surface area contributed by atoms with Crippen molar-refractivity contribution in [2.24, 2.45) is 0 Å². The number of imide groups is 1. The van der Waals surface area contributed by atoms with Crippen LogP contribution in [0, 0.1) is 13.8 Å². The highest BCUT2D eigenvalue weighted by molar-refractivity contribution is 6.05. The lowest BCUT2D eigenvalue weighted by atomic mass is 10.2. The molecule has 0 aliphatic carbocycles. The summed E-state index contributed by atoms with van der Waals surface area (Å²) in [5.74, 6) is -1.94. The molecule has 2 amide bonds. The summed E-state index contributed by atoms with van der Waals surface area (Å²) in [5, 5.41) is 2.17. The summed E-state index contributed by atoms with van der Waals surface area (Å²) in [6.07, 6.45) is 0. The largest absolute Gasteiger partial charge is 0.452 e. The van der Waals surface area contributed by atoms with Crippen molar-refractivity contribution < 1.29 is 19.1 Å². The SMILES string of the molecule is Cc1nc2ccc(C(=O)OCC(=O)NC(=O)c3ccccc3)cc2nc1C. The third-order valence-electron chi connectivity index (χ3n) is 3.93. The van der Waals surface area contributed by atoms with Crippen LogP contribution in [-0.2, 0) is 9.53 Å². The van der Waals surface area contributed by atoms with Crippen LogP contribution in [0.5, 0.6) is 0 Å². The quantitative estimate of drug-likeness (QED) is 0.715. The summed E-state index contributed by atoms with van der Waals surface area (Å²) in [6, 6.07) is 13.1. The molecule has 0 aliphatic heterocycles. The van der Waals surface area contributed by atoms with Gasteiger partial charge in [-0.15, -0.1) is 0 Å². The minimum atomic E-state index is -0.704. The number of hydrogen-bond donors (Lipinski definition) is 1. The van der Waals surface area contributed by atoms with Crippen LogP contribution in [0.15, 0.2) is 48.5 Å². The molecule has 7 heteroatoms. The summed E-state index contributed by atoms with van der Waals surface area (Å²) in [5.41, 5.74) is 3.42. The summed E-state index contributed by atoms with van der Waals surface area (Å²) in [6.45, 7) is 3.13. The van der Waals surface area contributed by atoms with Crippen molar-refractivity contribution in [2.75, 3.05) is 6.61 Å². The van der Waals surface area contributed by atoms with E-state index in [1.807, 2.05) is 13.8 Å². The fourth-order valence-electron chi connectivity index (χ4n) is 2.40. The van der Waals surface area contributed by atoms with Gasteiger partial charge in [-0.3, -0.25) is 14.9 Å². The van der Waals surface area contributed by atoms with Crippen molar-refractivity contribution in [1.82, 2.24) is 15.3 Å². The Morgan fingerprint density at radius 3 is 2.26 bits per heavy atom. The zero-order chi connectivity index (χ0) is 19.4. The molecule has 2 aromatic carbocycles. The Morgan fingerprint density at radius 1 is 0.889 bits per heavy atom. The molecule has 0 unspecified atom stereocenters. The van der Waals surface area contributed by atoms with Gasteiger partial charge in [-0.2, -0.15) is 0 Å². The van der Waals surface area contributed by atoms with E-state index in [4.69, 9.17) is 4.74 Å². The van der Waals surface area contributed by atoms with Gasteiger partial charge >= 0.3 is 5.97 Å². The molecule has 0 bridgehead atoms. The van der Waals surface area contributed by atoms with Crippen LogP contribution in [0.2, 0.25) is 0 Å². The molecule has 0 aliphatic rings. The van der Waals surface area contributed by atoms with Gasteiger partial charge in [0.05, 0.1) is 28.0 Å². The smallest absolute Gasteiger partial charge is 0.338 e. The third kappa shape index (κ3) is 4.33. The highest BCUT2D eigenvalue weighted by Gasteiger charge is 2.14. The average molecular weight is 363 g/mol. The van der Waals surface area contributed by atoms with Gasteiger partial charge in [-0.25, -0.2) is 14.8 Å². The van der Waals surface area contributed by atoms with Crippen LogP contribution in [-0.4, -0.2) is 34.4 Å². The molecule has 0 fully saturated rings. The molecular weight excluding hydrogens is 346 g/mol. The second kappa shape index (κ2) is 7.74. The molecule has 7 nitrogen and oxygen atoms in total. The van der Waals surface area contributed by atoms with Crippen molar-refractivity contribution in [3.8, 4) is 0 Å². The summed E-state index contributed by atoms with van der Waals surface area (Å²) >= 11 is 0. The molecule has 0 radical (unpaired) electrons. The first-order valence-corrected chi connectivity index (χ1v) is 8.25. The number of benzene rings is 2. The molecular formula is C20H17N3O4. The van der Waals surface area contributed by atoms with Gasteiger partial charge in [-0.1, -0.05) is 18.2 Å². The number of nitrogens with one attached hydrogen (secondary N) is 1. The predicted molar refractivity (Wildman–Crippen MR) is 98.2 cm³/mol. The van der Waals surface area contributed by atoms with E-state index >= 15 is 0 Å². The number of carbonyl (C=O) groups excluding carboxylic acids is 3. The van der Waals surface area contributed by atoms with Crippen molar-refractivity contribution in [1.29, 1.82) is 0 Å². The average Bonchev–Trinajstić information content (AvgIpc) is 2.67. The fourth-order valence-corrected chi connectivity index (χ4v) is 2.40. The normalized spacial score (nSPS) is 10.4. The first-order chi connectivity index (χ1) is 12.9. The molecule has 0 spiro atoms.